The number of nitrogens with one attached hydrogen (secondary N) is 1. The van der Waals surface area contributed by atoms with E-state index in [1.165, 1.54) is 19.4 Å². The van der Waals surface area contributed by atoms with Crippen molar-refractivity contribution in [1.82, 2.24) is 9.97 Å². The first-order valence-corrected chi connectivity index (χ1v) is 8.46. The van der Waals surface area contributed by atoms with E-state index in [2.05, 4.69) is 20.3 Å². The van der Waals surface area contributed by atoms with Crippen LogP contribution in [0, 0.1) is 12.7 Å². The van der Waals surface area contributed by atoms with Crippen LogP contribution < -0.4 is 15.8 Å². The minimum atomic E-state index is -3.09. The number of carbonyl (C=O) groups is 1. The van der Waals surface area contributed by atoms with Gasteiger partial charge in [0.25, 0.3) is 12.3 Å². The van der Waals surface area contributed by atoms with Gasteiger partial charge in [0.2, 0.25) is 5.88 Å². The van der Waals surface area contributed by atoms with Gasteiger partial charge in [-0.1, -0.05) is 0 Å². The zero-order valence-electron chi connectivity index (χ0n) is 15.6. The monoisotopic (exact) mass is 409 g/mol. The Kier molecular flexibility index (Phi) is 5.69. The summed E-state index contributed by atoms with van der Waals surface area (Å²) in [7, 11) is 1.41. The second-order valence-electron chi connectivity index (χ2n) is 6.32. The summed E-state index contributed by atoms with van der Waals surface area (Å²) < 4.78 is 52.2. The van der Waals surface area contributed by atoms with Crippen molar-refractivity contribution in [2.45, 2.75) is 18.9 Å². The molecule has 1 atom stereocenters. The lowest BCUT2D eigenvalue weighted by atomic mass is 9.90. The molecule has 29 heavy (non-hydrogen) atoms. The van der Waals surface area contributed by atoms with Gasteiger partial charge in [0.05, 0.1) is 25.6 Å². The van der Waals surface area contributed by atoms with Crippen LogP contribution in [-0.2, 0) is 10.3 Å². The number of amidine groups is 1. The SMILES string of the molecule is COc1cnc(C(=O)Nc2ccc(F)c(C3(C(F)F)COCC(N)=N3)c2)c(C)n1. The number of rotatable bonds is 5. The third-order valence-corrected chi connectivity index (χ3v) is 4.32. The largest absolute Gasteiger partial charge is 0.480 e. The fraction of sp³-hybridized carbons (Fsp3) is 0.333. The van der Waals surface area contributed by atoms with Gasteiger partial charge in [-0.05, 0) is 25.1 Å². The zero-order valence-corrected chi connectivity index (χ0v) is 15.6. The highest BCUT2D eigenvalue weighted by Gasteiger charge is 2.46. The molecule has 0 saturated carbocycles. The molecule has 154 valence electrons. The lowest BCUT2D eigenvalue weighted by Crippen LogP contribution is -2.45. The Balaban J connectivity index is 1.95. The molecular weight excluding hydrogens is 391 g/mol. The third kappa shape index (κ3) is 3.99. The van der Waals surface area contributed by atoms with E-state index in [1.807, 2.05) is 0 Å². The van der Waals surface area contributed by atoms with Crippen molar-refractivity contribution in [3.8, 4) is 5.88 Å². The van der Waals surface area contributed by atoms with Crippen LogP contribution in [0.4, 0.5) is 18.9 Å². The van der Waals surface area contributed by atoms with Crippen molar-refractivity contribution in [2.75, 3.05) is 25.6 Å². The summed E-state index contributed by atoms with van der Waals surface area (Å²) in [4.78, 5) is 24.3. The molecule has 1 amide bonds. The molecule has 0 aliphatic carbocycles. The van der Waals surface area contributed by atoms with Gasteiger partial charge in [0.15, 0.2) is 5.54 Å². The van der Waals surface area contributed by atoms with Gasteiger partial charge in [0.1, 0.15) is 24.0 Å². The number of hydrogen-bond acceptors (Lipinski definition) is 7. The number of hydrogen-bond donors (Lipinski definition) is 2. The summed E-state index contributed by atoms with van der Waals surface area (Å²) in [6, 6.07) is 3.28. The Morgan fingerprint density at radius 2 is 2.17 bits per heavy atom. The van der Waals surface area contributed by atoms with Crippen LogP contribution in [0.3, 0.4) is 0 Å². The van der Waals surface area contributed by atoms with E-state index in [4.69, 9.17) is 15.2 Å². The lowest BCUT2D eigenvalue weighted by Gasteiger charge is -2.33. The molecule has 11 heteroatoms. The quantitative estimate of drug-likeness (QED) is 0.782. The fourth-order valence-corrected chi connectivity index (χ4v) is 2.91. The average molecular weight is 409 g/mol. The van der Waals surface area contributed by atoms with Crippen molar-refractivity contribution >= 4 is 17.4 Å². The molecular formula is C18H18F3N5O3. The Morgan fingerprint density at radius 3 is 2.79 bits per heavy atom. The van der Waals surface area contributed by atoms with Gasteiger partial charge in [-0.2, -0.15) is 0 Å². The molecule has 0 saturated heterocycles. The Hall–Kier alpha value is -3.21. The molecule has 1 aliphatic rings. The number of halogens is 3. The van der Waals surface area contributed by atoms with E-state index in [0.29, 0.717) is 5.69 Å². The van der Waals surface area contributed by atoms with Gasteiger partial charge in [-0.15, -0.1) is 0 Å². The van der Waals surface area contributed by atoms with Crippen molar-refractivity contribution in [2.24, 2.45) is 10.7 Å². The number of carbonyl (C=O) groups excluding carboxylic acids is 1. The number of amides is 1. The first kappa shape index (κ1) is 20.5. The number of anilines is 1. The molecule has 2 aromatic rings. The van der Waals surface area contributed by atoms with Crippen LogP contribution in [-0.4, -0.2) is 48.5 Å². The van der Waals surface area contributed by atoms with Crippen molar-refractivity contribution in [3.05, 3.63) is 47.2 Å². The zero-order chi connectivity index (χ0) is 21.2. The van der Waals surface area contributed by atoms with Crippen LogP contribution in [0.1, 0.15) is 21.7 Å². The highest BCUT2D eigenvalue weighted by molar-refractivity contribution is 6.03. The van der Waals surface area contributed by atoms with Crippen molar-refractivity contribution in [3.63, 3.8) is 0 Å². The summed E-state index contributed by atoms with van der Waals surface area (Å²) in [6.45, 7) is 0.883. The van der Waals surface area contributed by atoms with Crippen LogP contribution in [0.2, 0.25) is 0 Å². The van der Waals surface area contributed by atoms with Crippen LogP contribution in [0.15, 0.2) is 29.4 Å². The topological polar surface area (TPSA) is 112 Å². The van der Waals surface area contributed by atoms with E-state index < -0.39 is 35.9 Å². The summed E-state index contributed by atoms with van der Waals surface area (Å²) in [6.07, 6.45) is -1.82. The first-order chi connectivity index (χ1) is 13.8. The second kappa shape index (κ2) is 8.03. The van der Waals surface area contributed by atoms with Crippen LogP contribution >= 0.6 is 0 Å². The number of methoxy groups -OCH3 is 1. The highest BCUT2D eigenvalue weighted by atomic mass is 19.3. The van der Waals surface area contributed by atoms with Gasteiger partial charge < -0.3 is 20.5 Å². The van der Waals surface area contributed by atoms with E-state index >= 15 is 0 Å². The number of alkyl halides is 2. The number of nitrogens with zero attached hydrogens (tertiary/aromatic N) is 3. The Bertz CT molecular complexity index is 970. The van der Waals surface area contributed by atoms with Crippen molar-refractivity contribution < 1.29 is 27.4 Å². The number of benzene rings is 1. The van der Waals surface area contributed by atoms with Gasteiger partial charge in [-0.25, -0.2) is 23.1 Å². The number of aliphatic imine (C=N–C) groups is 1. The molecule has 0 bridgehead atoms. The summed E-state index contributed by atoms with van der Waals surface area (Å²) in [5, 5.41) is 2.50. The van der Waals surface area contributed by atoms with Crippen LogP contribution in [0.25, 0.3) is 0 Å². The Labute approximate surface area is 164 Å². The van der Waals surface area contributed by atoms with E-state index in [0.717, 1.165) is 12.1 Å². The maximum absolute atomic E-state index is 14.4. The maximum atomic E-state index is 14.4. The Morgan fingerprint density at radius 1 is 1.41 bits per heavy atom. The van der Waals surface area contributed by atoms with E-state index in [1.54, 1.807) is 6.92 Å². The molecule has 2 heterocycles. The standard InChI is InChI=1S/C18H18F3N5O3/c1-9-15(23-6-14(24-9)28-2)16(27)25-10-3-4-12(19)11(5-10)18(17(20)21)8-29-7-13(22)26-18/h3-6,17H,7-8H2,1-2H3,(H2,22,26)(H,25,27). The molecule has 1 aliphatic heterocycles. The molecule has 0 spiro atoms. The van der Waals surface area contributed by atoms with Gasteiger partial charge in [0, 0.05) is 11.3 Å². The lowest BCUT2D eigenvalue weighted by molar-refractivity contribution is -0.0145. The fourth-order valence-electron chi connectivity index (χ4n) is 2.91. The summed E-state index contributed by atoms with van der Waals surface area (Å²) in [5.41, 5.74) is 3.18. The highest BCUT2D eigenvalue weighted by Crippen LogP contribution is 2.38. The van der Waals surface area contributed by atoms with Crippen molar-refractivity contribution in [1.29, 1.82) is 0 Å². The third-order valence-electron chi connectivity index (χ3n) is 4.32. The summed E-state index contributed by atoms with van der Waals surface area (Å²) in [5.74, 6) is -1.51. The molecule has 3 rings (SSSR count). The molecule has 0 fully saturated rings. The van der Waals surface area contributed by atoms with Crippen LogP contribution in [0.5, 0.6) is 5.88 Å². The number of ether oxygens (including phenoxy) is 2. The molecule has 1 unspecified atom stereocenters. The summed E-state index contributed by atoms with van der Waals surface area (Å²) >= 11 is 0. The van der Waals surface area contributed by atoms with Gasteiger partial charge >= 0.3 is 0 Å². The molecule has 1 aromatic heterocycles. The number of aromatic nitrogens is 2. The maximum Gasteiger partial charge on any atom is 0.276 e. The smallest absolute Gasteiger partial charge is 0.276 e. The predicted octanol–water partition coefficient (Wildman–Crippen LogP) is 2.03. The first-order valence-electron chi connectivity index (χ1n) is 8.46. The van der Waals surface area contributed by atoms with E-state index in [9.17, 15) is 18.0 Å². The predicted molar refractivity (Wildman–Crippen MR) is 97.8 cm³/mol. The molecule has 1 aromatic carbocycles. The van der Waals surface area contributed by atoms with Gasteiger partial charge in [-0.3, -0.25) is 9.79 Å². The molecule has 0 radical (unpaired) electrons. The second-order valence-corrected chi connectivity index (χ2v) is 6.32. The minimum Gasteiger partial charge on any atom is -0.480 e. The molecule has 8 nitrogen and oxygen atoms in total. The number of aryl methyl sites for hydroxylation is 1. The minimum absolute atomic E-state index is 0.00325. The van der Waals surface area contributed by atoms with E-state index in [-0.39, 0.29) is 29.7 Å². The normalized spacial score (nSPS) is 19.0. The molecule has 3 N–H and O–H groups in total. The average Bonchev–Trinajstić information content (AvgIpc) is 2.68. The number of nitrogens with two attached hydrogens (primary N) is 1.